The van der Waals surface area contributed by atoms with Gasteiger partial charge in [0.05, 0.1) is 21.7 Å². The predicted molar refractivity (Wildman–Crippen MR) is 109 cm³/mol. The van der Waals surface area contributed by atoms with Crippen LogP contribution in [0.3, 0.4) is 0 Å². The summed E-state index contributed by atoms with van der Waals surface area (Å²) in [6.07, 6.45) is 0. The molecule has 0 saturated heterocycles. The lowest BCUT2D eigenvalue weighted by atomic mass is 10.2. The van der Waals surface area contributed by atoms with E-state index in [2.05, 4.69) is 10.5 Å². The van der Waals surface area contributed by atoms with Crippen LogP contribution in [0.2, 0.25) is 0 Å². The van der Waals surface area contributed by atoms with E-state index in [9.17, 15) is 24.1 Å². The Morgan fingerprint density at radius 3 is 2.53 bits per heavy atom. The Hall–Kier alpha value is -4.28. The molecule has 1 heterocycles. The third kappa shape index (κ3) is 5.45. The minimum absolute atomic E-state index is 0.000976. The van der Waals surface area contributed by atoms with Gasteiger partial charge in [0.25, 0.3) is 5.91 Å². The summed E-state index contributed by atoms with van der Waals surface area (Å²) in [4.78, 5) is 33.9. The monoisotopic (exact) mass is 443 g/mol. The third-order valence-corrected chi connectivity index (χ3v) is 4.42. The number of ether oxygens (including phenoxy) is 2. The fourth-order valence-electron chi connectivity index (χ4n) is 2.69. The summed E-state index contributed by atoms with van der Waals surface area (Å²) in [5, 5.41) is 16.9. The van der Waals surface area contributed by atoms with Crippen LogP contribution in [0.1, 0.15) is 27.4 Å². The Morgan fingerprint density at radius 2 is 1.91 bits per heavy atom. The van der Waals surface area contributed by atoms with Crippen LogP contribution >= 0.6 is 0 Å². The van der Waals surface area contributed by atoms with E-state index in [1.54, 1.807) is 19.1 Å². The molecule has 0 aliphatic carbocycles. The summed E-state index contributed by atoms with van der Waals surface area (Å²) in [7, 11) is 0. The van der Waals surface area contributed by atoms with Crippen LogP contribution < -0.4 is 10.1 Å². The summed E-state index contributed by atoms with van der Waals surface area (Å²) in [6.45, 7) is 3.22. The standard InChI is InChI=1S/C21H18FN3O7/c1-12-17(13(2)32-24-12)10-30-16-6-3-14(4-7-16)21(27)31-11-20(26)23-15-5-8-18(22)19(9-15)25(28)29/h3-9H,10-11H2,1-2H3,(H,23,26). The number of nitro benzene ring substituents is 1. The van der Waals surface area contributed by atoms with Crippen LogP contribution in [-0.4, -0.2) is 28.6 Å². The normalized spacial score (nSPS) is 10.5. The van der Waals surface area contributed by atoms with Gasteiger partial charge in [-0.1, -0.05) is 5.16 Å². The number of carbonyl (C=O) groups excluding carboxylic acids is 2. The van der Waals surface area contributed by atoms with Crippen LogP contribution in [0.25, 0.3) is 0 Å². The van der Waals surface area contributed by atoms with E-state index < -0.39 is 34.9 Å². The van der Waals surface area contributed by atoms with Gasteiger partial charge >= 0.3 is 11.7 Å². The Labute approximate surface area is 181 Å². The molecule has 0 saturated carbocycles. The zero-order valence-electron chi connectivity index (χ0n) is 17.1. The van der Waals surface area contributed by atoms with Crippen molar-refractivity contribution in [3.8, 4) is 5.75 Å². The lowest BCUT2D eigenvalue weighted by molar-refractivity contribution is -0.387. The van der Waals surface area contributed by atoms with Gasteiger partial charge in [-0.15, -0.1) is 0 Å². The van der Waals surface area contributed by atoms with Crippen LogP contribution in [0.4, 0.5) is 15.8 Å². The number of aryl methyl sites for hydroxylation is 2. The minimum Gasteiger partial charge on any atom is -0.489 e. The van der Waals surface area contributed by atoms with Gasteiger partial charge < -0.3 is 19.3 Å². The quantitative estimate of drug-likeness (QED) is 0.316. The first kappa shape index (κ1) is 22.4. The van der Waals surface area contributed by atoms with Gasteiger partial charge in [0.15, 0.2) is 6.61 Å². The molecule has 0 fully saturated rings. The maximum absolute atomic E-state index is 13.3. The van der Waals surface area contributed by atoms with E-state index in [0.717, 1.165) is 29.5 Å². The largest absolute Gasteiger partial charge is 0.489 e. The molecule has 1 amide bonds. The van der Waals surface area contributed by atoms with Crippen LogP contribution in [0, 0.1) is 29.8 Å². The van der Waals surface area contributed by atoms with Gasteiger partial charge in [0.2, 0.25) is 5.82 Å². The average Bonchev–Trinajstić information content (AvgIpc) is 3.09. The van der Waals surface area contributed by atoms with E-state index >= 15 is 0 Å². The Morgan fingerprint density at radius 1 is 1.19 bits per heavy atom. The molecule has 0 unspecified atom stereocenters. The van der Waals surface area contributed by atoms with E-state index in [0.29, 0.717) is 11.5 Å². The molecule has 1 aromatic heterocycles. The molecule has 0 spiro atoms. The molecular formula is C21H18FN3O7. The lowest BCUT2D eigenvalue weighted by Gasteiger charge is -2.08. The van der Waals surface area contributed by atoms with Gasteiger partial charge in [-0.25, -0.2) is 4.79 Å². The molecule has 3 rings (SSSR count). The Balaban J connectivity index is 1.51. The molecule has 0 atom stereocenters. The zero-order valence-corrected chi connectivity index (χ0v) is 17.1. The highest BCUT2D eigenvalue weighted by atomic mass is 19.1. The number of rotatable bonds is 8. The number of benzene rings is 2. The number of hydrogen-bond acceptors (Lipinski definition) is 8. The van der Waals surface area contributed by atoms with Crippen LogP contribution in [0.5, 0.6) is 5.75 Å². The number of anilines is 1. The van der Waals surface area contributed by atoms with Crippen molar-refractivity contribution >= 4 is 23.3 Å². The molecule has 166 valence electrons. The van der Waals surface area contributed by atoms with Crippen molar-refractivity contribution in [3.05, 3.63) is 81.0 Å². The van der Waals surface area contributed by atoms with Crippen molar-refractivity contribution in [2.24, 2.45) is 0 Å². The first-order chi connectivity index (χ1) is 15.2. The van der Waals surface area contributed by atoms with Gasteiger partial charge in [-0.05, 0) is 50.2 Å². The fourth-order valence-corrected chi connectivity index (χ4v) is 2.69. The maximum Gasteiger partial charge on any atom is 0.338 e. The molecule has 3 aromatic rings. The number of hydrogen-bond donors (Lipinski definition) is 1. The molecule has 0 aliphatic rings. The summed E-state index contributed by atoms with van der Waals surface area (Å²) in [5.74, 6) is -1.34. The number of nitro groups is 1. The highest BCUT2D eigenvalue weighted by molar-refractivity contribution is 5.95. The second kappa shape index (κ2) is 9.69. The zero-order chi connectivity index (χ0) is 23.3. The lowest BCUT2D eigenvalue weighted by Crippen LogP contribution is -2.21. The van der Waals surface area contributed by atoms with E-state index in [1.165, 1.54) is 12.1 Å². The van der Waals surface area contributed by atoms with Crippen molar-refractivity contribution in [3.63, 3.8) is 0 Å². The first-order valence-electron chi connectivity index (χ1n) is 9.30. The molecule has 2 aromatic carbocycles. The molecule has 0 aliphatic heterocycles. The van der Waals surface area contributed by atoms with E-state index in [-0.39, 0.29) is 17.9 Å². The smallest absolute Gasteiger partial charge is 0.338 e. The molecule has 1 N–H and O–H groups in total. The number of aromatic nitrogens is 1. The van der Waals surface area contributed by atoms with Crippen LogP contribution in [0.15, 0.2) is 47.0 Å². The number of amides is 1. The molecule has 11 heteroatoms. The number of esters is 1. The summed E-state index contributed by atoms with van der Waals surface area (Å²) < 4.78 is 29.0. The second-order valence-corrected chi connectivity index (χ2v) is 6.66. The van der Waals surface area contributed by atoms with Crippen molar-refractivity contribution in [1.82, 2.24) is 5.16 Å². The second-order valence-electron chi connectivity index (χ2n) is 6.66. The van der Waals surface area contributed by atoms with Crippen molar-refractivity contribution < 1.29 is 32.9 Å². The number of carbonyl (C=O) groups is 2. The summed E-state index contributed by atoms with van der Waals surface area (Å²) in [6, 6.07) is 8.99. The highest BCUT2D eigenvalue weighted by Crippen LogP contribution is 2.22. The van der Waals surface area contributed by atoms with Crippen molar-refractivity contribution in [2.45, 2.75) is 20.5 Å². The number of halogens is 1. The summed E-state index contributed by atoms with van der Waals surface area (Å²) >= 11 is 0. The highest BCUT2D eigenvalue weighted by Gasteiger charge is 2.16. The van der Waals surface area contributed by atoms with Crippen molar-refractivity contribution in [2.75, 3.05) is 11.9 Å². The maximum atomic E-state index is 13.3. The van der Waals surface area contributed by atoms with E-state index in [4.69, 9.17) is 14.0 Å². The number of nitrogens with one attached hydrogen (secondary N) is 1. The topological polar surface area (TPSA) is 134 Å². The summed E-state index contributed by atoms with van der Waals surface area (Å²) in [5.41, 5.74) is 0.984. The van der Waals surface area contributed by atoms with Gasteiger partial charge in [0, 0.05) is 11.8 Å². The van der Waals surface area contributed by atoms with Gasteiger partial charge in [-0.2, -0.15) is 4.39 Å². The molecule has 32 heavy (non-hydrogen) atoms. The predicted octanol–water partition coefficient (Wildman–Crippen LogP) is 3.71. The third-order valence-electron chi connectivity index (χ3n) is 4.42. The van der Waals surface area contributed by atoms with Crippen LogP contribution in [-0.2, 0) is 16.1 Å². The Bertz CT molecular complexity index is 1140. The molecule has 0 radical (unpaired) electrons. The molecule has 10 nitrogen and oxygen atoms in total. The fraction of sp³-hybridized carbons (Fsp3) is 0.190. The minimum atomic E-state index is -1.03. The van der Waals surface area contributed by atoms with Gasteiger partial charge in [-0.3, -0.25) is 14.9 Å². The SMILES string of the molecule is Cc1noc(C)c1COc1ccc(C(=O)OCC(=O)Nc2ccc(F)c([N+](=O)[O-])c2)cc1. The Kier molecular flexibility index (Phi) is 6.78. The van der Waals surface area contributed by atoms with Gasteiger partial charge in [0.1, 0.15) is 18.1 Å². The average molecular weight is 443 g/mol. The molecule has 0 bridgehead atoms. The molecular weight excluding hydrogens is 425 g/mol. The first-order valence-corrected chi connectivity index (χ1v) is 9.30. The number of nitrogens with zero attached hydrogens (tertiary/aromatic N) is 2. The van der Waals surface area contributed by atoms with E-state index in [1.807, 2.05) is 6.92 Å². The van der Waals surface area contributed by atoms with Crippen molar-refractivity contribution in [1.29, 1.82) is 0 Å².